The maximum absolute atomic E-state index is 10.8. The van der Waals surface area contributed by atoms with Crippen molar-refractivity contribution in [1.82, 2.24) is 4.90 Å². The summed E-state index contributed by atoms with van der Waals surface area (Å²) >= 11 is 0. The molecule has 0 aromatic heterocycles. The molecule has 2 aliphatic rings. The molecule has 1 fully saturated rings. The van der Waals surface area contributed by atoms with Gasteiger partial charge in [0.05, 0.1) is 25.9 Å². The first kappa shape index (κ1) is 14.8. The molecule has 1 aromatic carbocycles. The van der Waals surface area contributed by atoms with E-state index in [1.807, 2.05) is 0 Å². The molecular weight excluding hydrogens is 266 g/mol. The Balaban J connectivity index is 1.78. The predicted molar refractivity (Wildman–Crippen MR) is 81.7 cm³/mol. The molecule has 2 heterocycles. The van der Waals surface area contributed by atoms with Gasteiger partial charge in [-0.3, -0.25) is 4.90 Å². The van der Waals surface area contributed by atoms with Gasteiger partial charge in [-0.1, -0.05) is 0 Å². The van der Waals surface area contributed by atoms with Crippen LogP contribution in [-0.4, -0.2) is 49.5 Å². The van der Waals surface area contributed by atoms with E-state index in [0.717, 1.165) is 50.6 Å². The molecule has 0 bridgehead atoms. The van der Waals surface area contributed by atoms with Crippen LogP contribution in [0.3, 0.4) is 0 Å². The van der Waals surface area contributed by atoms with Crippen LogP contribution < -0.4 is 4.74 Å². The number of morpholine rings is 1. The topological polar surface area (TPSA) is 41.9 Å². The van der Waals surface area contributed by atoms with E-state index in [1.54, 1.807) is 0 Å². The van der Waals surface area contributed by atoms with Crippen LogP contribution in [0.5, 0.6) is 5.75 Å². The van der Waals surface area contributed by atoms with Crippen LogP contribution >= 0.6 is 0 Å². The lowest BCUT2D eigenvalue weighted by Gasteiger charge is -2.31. The molecule has 21 heavy (non-hydrogen) atoms. The molecular formula is C17H25NO3. The Bertz CT molecular complexity index is 497. The summed E-state index contributed by atoms with van der Waals surface area (Å²) in [6, 6.07) is 4.15. The molecule has 3 rings (SSSR count). The minimum atomic E-state index is -0.440. The van der Waals surface area contributed by atoms with Crippen LogP contribution in [0.1, 0.15) is 29.2 Å². The largest absolute Gasteiger partial charge is 0.493 e. The molecule has 0 aliphatic carbocycles. The van der Waals surface area contributed by atoms with Gasteiger partial charge in [-0.25, -0.2) is 0 Å². The van der Waals surface area contributed by atoms with Crippen LogP contribution in [0.25, 0.3) is 0 Å². The summed E-state index contributed by atoms with van der Waals surface area (Å²) in [4.78, 5) is 2.39. The quantitative estimate of drug-likeness (QED) is 0.906. The van der Waals surface area contributed by atoms with E-state index in [9.17, 15) is 5.11 Å². The van der Waals surface area contributed by atoms with Crippen molar-refractivity contribution in [2.75, 3.05) is 39.5 Å². The highest BCUT2D eigenvalue weighted by molar-refractivity contribution is 5.43. The second-order valence-corrected chi connectivity index (χ2v) is 6.23. The number of aliphatic hydroxyl groups is 1. The lowest BCUT2D eigenvalue weighted by Crippen LogP contribution is -2.40. The molecule has 1 N–H and O–H groups in total. The Morgan fingerprint density at radius 3 is 2.62 bits per heavy atom. The molecule has 2 aliphatic heterocycles. The number of fused-ring (bicyclic) bond motifs is 1. The number of aliphatic hydroxyl groups excluding tert-OH is 1. The van der Waals surface area contributed by atoms with Crippen molar-refractivity contribution < 1.29 is 14.6 Å². The number of rotatable bonds is 2. The monoisotopic (exact) mass is 291 g/mol. The normalized spacial score (nSPS) is 26.8. The minimum absolute atomic E-state index is 0.228. The third kappa shape index (κ3) is 3.23. The summed E-state index contributed by atoms with van der Waals surface area (Å²) in [7, 11) is 0. The van der Waals surface area contributed by atoms with E-state index < -0.39 is 6.10 Å². The molecule has 116 valence electrons. The summed E-state index contributed by atoms with van der Waals surface area (Å²) in [5.74, 6) is 1.08. The number of nitrogens with zero attached hydrogens (tertiary/aromatic N) is 1. The lowest BCUT2D eigenvalue weighted by atomic mass is 9.91. The van der Waals surface area contributed by atoms with E-state index in [1.165, 1.54) is 11.1 Å². The fourth-order valence-corrected chi connectivity index (χ4v) is 3.21. The summed E-state index contributed by atoms with van der Waals surface area (Å²) in [6.07, 6.45) is 0.454. The highest BCUT2D eigenvalue weighted by atomic mass is 16.5. The fraction of sp³-hybridized carbons (Fsp3) is 0.647. The van der Waals surface area contributed by atoms with Gasteiger partial charge in [-0.05, 0) is 43.5 Å². The minimum Gasteiger partial charge on any atom is -0.493 e. The third-order valence-corrected chi connectivity index (χ3v) is 4.73. The van der Waals surface area contributed by atoms with Crippen molar-refractivity contribution >= 4 is 0 Å². The molecule has 0 radical (unpaired) electrons. The molecule has 0 saturated carbocycles. The first-order valence-electron chi connectivity index (χ1n) is 7.87. The average Bonchev–Trinajstić information content (AvgIpc) is 2.62. The molecule has 0 spiro atoms. The predicted octanol–water partition coefficient (Wildman–Crippen LogP) is 2.07. The number of benzene rings is 1. The summed E-state index contributed by atoms with van der Waals surface area (Å²) in [5, 5.41) is 10.8. The highest BCUT2D eigenvalue weighted by Crippen LogP contribution is 2.37. The SMILES string of the molecule is Cc1cc2c(cc1C)C(O)C(CN1CCOCC1)CCO2. The van der Waals surface area contributed by atoms with Gasteiger partial charge in [0.1, 0.15) is 5.75 Å². The Kier molecular flexibility index (Phi) is 4.48. The van der Waals surface area contributed by atoms with Gasteiger partial charge in [0, 0.05) is 31.1 Å². The molecule has 0 amide bonds. The van der Waals surface area contributed by atoms with Crippen molar-refractivity contribution in [2.45, 2.75) is 26.4 Å². The van der Waals surface area contributed by atoms with Gasteiger partial charge < -0.3 is 14.6 Å². The lowest BCUT2D eigenvalue weighted by molar-refractivity contribution is 0.0102. The van der Waals surface area contributed by atoms with Gasteiger partial charge >= 0.3 is 0 Å². The highest BCUT2D eigenvalue weighted by Gasteiger charge is 2.29. The second-order valence-electron chi connectivity index (χ2n) is 6.23. The number of hydrogen-bond acceptors (Lipinski definition) is 4. The van der Waals surface area contributed by atoms with Crippen molar-refractivity contribution in [2.24, 2.45) is 5.92 Å². The van der Waals surface area contributed by atoms with Crippen LogP contribution in [0, 0.1) is 19.8 Å². The van der Waals surface area contributed by atoms with E-state index in [4.69, 9.17) is 9.47 Å². The fourth-order valence-electron chi connectivity index (χ4n) is 3.21. The molecule has 4 heteroatoms. The average molecular weight is 291 g/mol. The summed E-state index contributed by atoms with van der Waals surface area (Å²) in [6.45, 7) is 9.30. The molecule has 4 nitrogen and oxygen atoms in total. The zero-order valence-electron chi connectivity index (χ0n) is 13.0. The standard InChI is InChI=1S/C17H25NO3/c1-12-9-15-16(10-13(12)2)21-6-3-14(17(15)19)11-18-4-7-20-8-5-18/h9-10,14,17,19H,3-8,11H2,1-2H3. The molecule has 2 atom stereocenters. The van der Waals surface area contributed by atoms with Gasteiger partial charge in [-0.15, -0.1) is 0 Å². The summed E-state index contributed by atoms with van der Waals surface area (Å²) < 4.78 is 11.3. The van der Waals surface area contributed by atoms with Gasteiger partial charge in [0.15, 0.2) is 0 Å². The van der Waals surface area contributed by atoms with Gasteiger partial charge in [0.25, 0.3) is 0 Å². The maximum Gasteiger partial charge on any atom is 0.125 e. The van der Waals surface area contributed by atoms with E-state index in [0.29, 0.717) is 6.61 Å². The zero-order valence-corrected chi connectivity index (χ0v) is 13.0. The van der Waals surface area contributed by atoms with Crippen molar-refractivity contribution in [3.8, 4) is 5.75 Å². The smallest absolute Gasteiger partial charge is 0.125 e. The number of aryl methyl sites for hydroxylation is 2. The third-order valence-electron chi connectivity index (χ3n) is 4.73. The zero-order chi connectivity index (χ0) is 14.8. The Morgan fingerprint density at radius 2 is 1.86 bits per heavy atom. The Labute approximate surface area is 126 Å². The van der Waals surface area contributed by atoms with Crippen LogP contribution in [0.4, 0.5) is 0 Å². The van der Waals surface area contributed by atoms with Crippen molar-refractivity contribution in [3.05, 3.63) is 28.8 Å². The van der Waals surface area contributed by atoms with Crippen molar-refractivity contribution in [1.29, 1.82) is 0 Å². The van der Waals surface area contributed by atoms with E-state index in [2.05, 4.69) is 30.9 Å². The first-order valence-corrected chi connectivity index (χ1v) is 7.87. The van der Waals surface area contributed by atoms with E-state index >= 15 is 0 Å². The van der Waals surface area contributed by atoms with Gasteiger partial charge in [-0.2, -0.15) is 0 Å². The molecule has 1 saturated heterocycles. The first-order chi connectivity index (χ1) is 10.1. The van der Waals surface area contributed by atoms with Crippen LogP contribution in [0.2, 0.25) is 0 Å². The van der Waals surface area contributed by atoms with Crippen LogP contribution in [0.15, 0.2) is 12.1 Å². The van der Waals surface area contributed by atoms with E-state index in [-0.39, 0.29) is 5.92 Å². The second kappa shape index (κ2) is 6.34. The number of hydrogen-bond donors (Lipinski definition) is 1. The summed E-state index contributed by atoms with van der Waals surface area (Å²) in [5.41, 5.74) is 3.38. The van der Waals surface area contributed by atoms with Crippen LogP contribution in [-0.2, 0) is 4.74 Å². The molecule has 1 aromatic rings. The molecule has 2 unspecified atom stereocenters. The van der Waals surface area contributed by atoms with Crippen molar-refractivity contribution in [3.63, 3.8) is 0 Å². The maximum atomic E-state index is 10.8. The Morgan fingerprint density at radius 1 is 1.14 bits per heavy atom. The number of ether oxygens (including phenoxy) is 2. The van der Waals surface area contributed by atoms with Gasteiger partial charge in [0.2, 0.25) is 0 Å². The Hall–Kier alpha value is -1.10.